The molecule has 0 spiro atoms. The Balaban J connectivity index is 2.30. The molecule has 0 fully saturated rings. The molecule has 2 aromatic carbocycles. The van der Waals surface area contributed by atoms with Crippen LogP contribution in [0.15, 0.2) is 34.9 Å². The number of nitrogens with one attached hydrogen (secondary N) is 1. The molecule has 0 aliphatic heterocycles. The van der Waals surface area contributed by atoms with Crippen molar-refractivity contribution < 1.29 is 28.3 Å². The third-order valence-corrected chi connectivity index (χ3v) is 4.06. The molecule has 0 radical (unpaired) electrons. The first-order chi connectivity index (χ1) is 12.8. The van der Waals surface area contributed by atoms with E-state index in [2.05, 4.69) is 10.5 Å². The van der Waals surface area contributed by atoms with Crippen LogP contribution < -0.4 is 5.32 Å². The Bertz CT molecular complexity index is 1040. The molecule has 6 nitrogen and oxygen atoms in total. The SMILES string of the molecule is CCNC(=O)c1noc(-c2cc(Cl)c(O)cc2O)c1-c1ccc(F)cc1F. The summed E-state index contributed by atoms with van der Waals surface area (Å²) in [5, 5.41) is 25.8. The highest BCUT2D eigenvalue weighted by Crippen LogP contribution is 2.43. The number of halogens is 3. The van der Waals surface area contributed by atoms with Gasteiger partial charge >= 0.3 is 0 Å². The Morgan fingerprint density at radius 3 is 2.59 bits per heavy atom. The monoisotopic (exact) mass is 394 g/mol. The molecule has 27 heavy (non-hydrogen) atoms. The number of rotatable bonds is 4. The number of hydrogen-bond acceptors (Lipinski definition) is 5. The van der Waals surface area contributed by atoms with Crippen molar-refractivity contribution in [2.24, 2.45) is 0 Å². The number of hydrogen-bond donors (Lipinski definition) is 3. The Hall–Kier alpha value is -3.13. The van der Waals surface area contributed by atoms with Crippen molar-refractivity contribution in [1.29, 1.82) is 0 Å². The highest BCUT2D eigenvalue weighted by Gasteiger charge is 2.28. The second-order valence-corrected chi connectivity index (χ2v) is 5.95. The molecule has 1 aromatic heterocycles. The average Bonchev–Trinajstić information content (AvgIpc) is 3.03. The average molecular weight is 395 g/mol. The number of nitrogens with zero attached hydrogens (tertiary/aromatic N) is 1. The van der Waals surface area contributed by atoms with Crippen LogP contribution in [-0.2, 0) is 0 Å². The van der Waals surface area contributed by atoms with E-state index in [1.54, 1.807) is 6.92 Å². The molecule has 1 heterocycles. The Kier molecular flexibility index (Phi) is 5.00. The number of aromatic hydroxyl groups is 2. The van der Waals surface area contributed by atoms with Crippen molar-refractivity contribution in [2.45, 2.75) is 6.92 Å². The van der Waals surface area contributed by atoms with Crippen LogP contribution in [0.4, 0.5) is 8.78 Å². The quantitative estimate of drug-likeness (QED) is 0.619. The largest absolute Gasteiger partial charge is 0.507 e. The number of carbonyl (C=O) groups is 1. The van der Waals surface area contributed by atoms with Crippen LogP contribution in [0.3, 0.4) is 0 Å². The zero-order chi connectivity index (χ0) is 19.7. The van der Waals surface area contributed by atoms with E-state index in [-0.39, 0.29) is 45.5 Å². The third-order valence-electron chi connectivity index (χ3n) is 3.75. The highest BCUT2D eigenvalue weighted by atomic mass is 35.5. The fourth-order valence-electron chi connectivity index (χ4n) is 2.55. The van der Waals surface area contributed by atoms with Gasteiger partial charge in [-0.15, -0.1) is 0 Å². The first-order valence-electron chi connectivity index (χ1n) is 7.78. The predicted molar refractivity (Wildman–Crippen MR) is 93.6 cm³/mol. The van der Waals surface area contributed by atoms with Crippen LogP contribution in [0.1, 0.15) is 17.4 Å². The van der Waals surface area contributed by atoms with Gasteiger partial charge in [-0.2, -0.15) is 0 Å². The van der Waals surface area contributed by atoms with E-state index in [1.807, 2.05) is 0 Å². The van der Waals surface area contributed by atoms with Gasteiger partial charge in [0.05, 0.1) is 16.1 Å². The summed E-state index contributed by atoms with van der Waals surface area (Å²) < 4.78 is 32.9. The maximum absolute atomic E-state index is 14.4. The highest BCUT2D eigenvalue weighted by molar-refractivity contribution is 6.32. The zero-order valence-electron chi connectivity index (χ0n) is 13.9. The molecule has 0 saturated carbocycles. The molecule has 0 unspecified atom stereocenters. The van der Waals surface area contributed by atoms with Gasteiger partial charge < -0.3 is 20.1 Å². The normalized spacial score (nSPS) is 10.8. The summed E-state index contributed by atoms with van der Waals surface area (Å²) in [7, 11) is 0. The summed E-state index contributed by atoms with van der Waals surface area (Å²) in [6.45, 7) is 1.96. The molecule has 3 aromatic rings. The van der Waals surface area contributed by atoms with Crippen molar-refractivity contribution >= 4 is 17.5 Å². The standard InChI is InChI=1S/C18H13ClF2N2O4/c1-2-22-18(26)16-15(9-4-3-8(20)5-12(9)21)17(27-23-16)10-6-11(19)14(25)7-13(10)24/h3-7,24-25H,2H2,1H3,(H,22,26). The minimum atomic E-state index is -0.950. The molecule has 0 aliphatic rings. The summed E-state index contributed by atoms with van der Waals surface area (Å²) in [5.41, 5.74) is -0.520. The molecule has 0 bridgehead atoms. The molecule has 3 rings (SSSR count). The second kappa shape index (κ2) is 7.24. The number of benzene rings is 2. The van der Waals surface area contributed by atoms with Gasteiger partial charge in [0, 0.05) is 24.2 Å². The van der Waals surface area contributed by atoms with Crippen LogP contribution in [0, 0.1) is 11.6 Å². The first-order valence-corrected chi connectivity index (χ1v) is 8.16. The van der Waals surface area contributed by atoms with Crippen LogP contribution in [0.25, 0.3) is 22.5 Å². The minimum absolute atomic E-state index is 0.0282. The second-order valence-electron chi connectivity index (χ2n) is 5.54. The van der Waals surface area contributed by atoms with Gasteiger partial charge in [0.15, 0.2) is 11.5 Å². The lowest BCUT2D eigenvalue weighted by Gasteiger charge is -2.08. The van der Waals surface area contributed by atoms with E-state index in [9.17, 15) is 23.8 Å². The number of phenols is 2. The van der Waals surface area contributed by atoms with Crippen LogP contribution >= 0.6 is 11.6 Å². The van der Waals surface area contributed by atoms with E-state index >= 15 is 0 Å². The molecule has 0 saturated heterocycles. The van der Waals surface area contributed by atoms with Gasteiger partial charge in [0.25, 0.3) is 5.91 Å². The Morgan fingerprint density at radius 1 is 1.19 bits per heavy atom. The molecule has 3 N–H and O–H groups in total. The summed E-state index contributed by atoms with van der Waals surface area (Å²) >= 11 is 5.88. The first kappa shape index (κ1) is 18.7. The molecular formula is C18H13ClF2N2O4. The van der Waals surface area contributed by atoms with E-state index < -0.39 is 23.3 Å². The molecule has 140 valence electrons. The van der Waals surface area contributed by atoms with Crippen molar-refractivity contribution in [3.05, 3.63) is 52.7 Å². The number of phenolic OH excluding ortho intramolecular Hbond substituents is 2. The fraction of sp³-hybridized carbons (Fsp3) is 0.111. The number of carbonyl (C=O) groups excluding carboxylic acids is 1. The Morgan fingerprint density at radius 2 is 1.93 bits per heavy atom. The molecule has 0 aliphatic carbocycles. The molecular weight excluding hydrogens is 382 g/mol. The van der Waals surface area contributed by atoms with E-state index in [1.165, 1.54) is 6.07 Å². The van der Waals surface area contributed by atoms with E-state index in [0.29, 0.717) is 6.07 Å². The van der Waals surface area contributed by atoms with Gasteiger partial charge in [-0.25, -0.2) is 8.78 Å². The summed E-state index contributed by atoms with van der Waals surface area (Å²) in [5.74, 6) is -3.37. The van der Waals surface area contributed by atoms with E-state index in [0.717, 1.165) is 18.2 Å². The zero-order valence-corrected chi connectivity index (χ0v) is 14.6. The van der Waals surface area contributed by atoms with Crippen LogP contribution in [0.2, 0.25) is 5.02 Å². The van der Waals surface area contributed by atoms with Crippen LogP contribution in [0.5, 0.6) is 11.5 Å². The van der Waals surface area contributed by atoms with Gasteiger partial charge in [-0.3, -0.25) is 4.79 Å². The summed E-state index contributed by atoms with van der Waals surface area (Å²) in [6, 6.07) is 4.94. The van der Waals surface area contributed by atoms with Gasteiger partial charge in [-0.1, -0.05) is 16.8 Å². The predicted octanol–water partition coefficient (Wildman–Crippen LogP) is 4.10. The van der Waals surface area contributed by atoms with Crippen molar-refractivity contribution in [1.82, 2.24) is 10.5 Å². The molecule has 9 heteroatoms. The van der Waals surface area contributed by atoms with Gasteiger partial charge in [0.2, 0.25) is 0 Å². The number of amides is 1. The van der Waals surface area contributed by atoms with Crippen molar-refractivity contribution in [3.63, 3.8) is 0 Å². The van der Waals surface area contributed by atoms with E-state index in [4.69, 9.17) is 16.1 Å². The third kappa shape index (κ3) is 3.43. The number of aromatic nitrogens is 1. The Labute approximate surface area is 157 Å². The molecule has 0 atom stereocenters. The molecule has 1 amide bonds. The van der Waals surface area contributed by atoms with Gasteiger partial charge in [-0.05, 0) is 25.1 Å². The lowest BCUT2D eigenvalue weighted by Crippen LogP contribution is -2.23. The fourth-order valence-corrected chi connectivity index (χ4v) is 2.71. The van der Waals surface area contributed by atoms with Gasteiger partial charge in [0.1, 0.15) is 23.1 Å². The smallest absolute Gasteiger partial charge is 0.274 e. The lowest BCUT2D eigenvalue weighted by atomic mass is 9.98. The maximum Gasteiger partial charge on any atom is 0.274 e. The lowest BCUT2D eigenvalue weighted by molar-refractivity contribution is 0.0947. The maximum atomic E-state index is 14.4. The van der Waals surface area contributed by atoms with Crippen LogP contribution in [-0.4, -0.2) is 27.8 Å². The van der Waals surface area contributed by atoms with Crippen molar-refractivity contribution in [2.75, 3.05) is 6.54 Å². The summed E-state index contributed by atoms with van der Waals surface area (Å²) in [6.07, 6.45) is 0. The van der Waals surface area contributed by atoms with Crippen molar-refractivity contribution in [3.8, 4) is 33.9 Å². The minimum Gasteiger partial charge on any atom is -0.507 e. The topological polar surface area (TPSA) is 95.6 Å². The summed E-state index contributed by atoms with van der Waals surface area (Å²) in [4.78, 5) is 12.3.